The van der Waals surface area contributed by atoms with E-state index in [1.807, 2.05) is 42.5 Å². The summed E-state index contributed by atoms with van der Waals surface area (Å²) in [6, 6.07) is 14.4. The summed E-state index contributed by atoms with van der Waals surface area (Å²) in [5, 5.41) is 0. The van der Waals surface area contributed by atoms with Gasteiger partial charge in [0.05, 0.1) is 0 Å². The van der Waals surface area contributed by atoms with Crippen molar-refractivity contribution in [3.05, 3.63) is 95.3 Å². The van der Waals surface area contributed by atoms with Crippen LogP contribution in [0.2, 0.25) is 0 Å². The van der Waals surface area contributed by atoms with Crippen LogP contribution in [0.4, 0.5) is 4.39 Å². The minimum atomic E-state index is -0.884. The Labute approximate surface area is 166 Å². The van der Waals surface area contributed by atoms with Crippen LogP contribution in [0.3, 0.4) is 0 Å². The minimum absolute atomic E-state index is 0.0403. The van der Waals surface area contributed by atoms with Crippen molar-refractivity contribution >= 4 is 34.1 Å². The van der Waals surface area contributed by atoms with Crippen molar-refractivity contribution in [1.29, 1.82) is 0 Å². The maximum atomic E-state index is 13.1. The molecule has 0 amide bonds. The van der Waals surface area contributed by atoms with E-state index in [1.54, 1.807) is 18.2 Å². The first-order valence-corrected chi connectivity index (χ1v) is 9.58. The summed E-state index contributed by atoms with van der Waals surface area (Å²) < 4.78 is 17.8. The van der Waals surface area contributed by atoms with E-state index in [2.05, 4.69) is 22.5 Å². The highest BCUT2D eigenvalue weighted by atomic mass is 79.9. The van der Waals surface area contributed by atoms with E-state index in [1.165, 1.54) is 12.1 Å². The Balaban J connectivity index is 1.71. The zero-order valence-electron chi connectivity index (χ0n) is 14.6. The molecule has 2 aromatic rings. The minimum Gasteiger partial charge on any atom is -0.456 e. The fourth-order valence-electron chi connectivity index (χ4n) is 3.78. The van der Waals surface area contributed by atoms with E-state index in [9.17, 15) is 9.18 Å². The predicted octanol–water partition coefficient (Wildman–Crippen LogP) is 5.65. The monoisotopic (exact) mass is 424 g/mol. The van der Waals surface area contributed by atoms with Gasteiger partial charge in [-0.05, 0) is 46.9 Å². The van der Waals surface area contributed by atoms with E-state index in [0.29, 0.717) is 6.42 Å². The second-order valence-electron chi connectivity index (χ2n) is 6.81. The number of carbonyl (C=O) groups excluding carboxylic acids is 1. The molecule has 4 heteroatoms. The molecule has 0 saturated carbocycles. The highest BCUT2D eigenvalue weighted by Gasteiger charge is 2.54. The van der Waals surface area contributed by atoms with Gasteiger partial charge in [-0.25, -0.2) is 4.39 Å². The molecule has 0 spiro atoms. The summed E-state index contributed by atoms with van der Waals surface area (Å²) in [5.74, 6) is -0.552. The molecule has 3 atom stereocenters. The Bertz CT molecular complexity index is 961. The molecular weight excluding hydrogens is 407 g/mol. The summed E-state index contributed by atoms with van der Waals surface area (Å²) >= 11 is 3.66. The third-order valence-electron chi connectivity index (χ3n) is 5.20. The van der Waals surface area contributed by atoms with Crippen molar-refractivity contribution < 1.29 is 13.9 Å². The van der Waals surface area contributed by atoms with Crippen LogP contribution >= 0.6 is 15.9 Å². The smallest absolute Gasteiger partial charge is 0.328 e. The maximum Gasteiger partial charge on any atom is 0.328 e. The van der Waals surface area contributed by atoms with Gasteiger partial charge in [0.1, 0.15) is 16.2 Å². The fourth-order valence-corrected chi connectivity index (χ4v) is 4.57. The number of alkyl halides is 1. The van der Waals surface area contributed by atoms with Gasteiger partial charge in [-0.3, -0.25) is 4.79 Å². The SMILES string of the molecule is C=CC1=C[C@]2(Br)C(=O)O[C@H]1C[C@@H]2c1ccccc1/C=C/c1ccc(F)cc1. The van der Waals surface area contributed by atoms with Gasteiger partial charge in [0, 0.05) is 5.92 Å². The van der Waals surface area contributed by atoms with Gasteiger partial charge >= 0.3 is 5.97 Å². The largest absolute Gasteiger partial charge is 0.456 e. The molecule has 2 aromatic carbocycles. The Morgan fingerprint density at radius 3 is 2.63 bits per heavy atom. The first kappa shape index (κ1) is 17.9. The molecule has 0 unspecified atom stereocenters. The van der Waals surface area contributed by atoms with Gasteiger partial charge in [0.15, 0.2) is 0 Å². The quantitative estimate of drug-likeness (QED) is 0.359. The summed E-state index contributed by atoms with van der Waals surface area (Å²) in [6.45, 7) is 3.83. The molecule has 5 rings (SSSR count). The first-order chi connectivity index (χ1) is 13.0. The molecule has 1 fully saturated rings. The maximum absolute atomic E-state index is 13.1. The predicted molar refractivity (Wildman–Crippen MR) is 109 cm³/mol. The molecule has 0 radical (unpaired) electrons. The summed E-state index contributed by atoms with van der Waals surface area (Å²) in [6.07, 6.45) is 8.09. The van der Waals surface area contributed by atoms with Crippen LogP contribution in [-0.4, -0.2) is 16.4 Å². The molecule has 27 heavy (non-hydrogen) atoms. The van der Waals surface area contributed by atoms with Crippen LogP contribution in [-0.2, 0) is 9.53 Å². The van der Waals surface area contributed by atoms with Gasteiger partial charge in [0.25, 0.3) is 0 Å². The van der Waals surface area contributed by atoms with E-state index < -0.39 is 4.32 Å². The van der Waals surface area contributed by atoms with Crippen LogP contribution < -0.4 is 0 Å². The molecule has 0 N–H and O–H groups in total. The molecule has 136 valence electrons. The molecular formula is C23H18BrFO2. The molecule has 2 bridgehead atoms. The van der Waals surface area contributed by atoms with Crippen molar-refractivity contribution in [3.63, 3.8) is 0 Å². The lowest BCUT2D eigenvalue weighted by Crippen LogP contribution is -2.51. The van der Waals surface area contributed by atoms with Crippen LogP contribution in [0.1, 0.15) is 29.0 Å². The highest BCUT2D eigenvalue weighted by Crippen LogP contribution is 2.51. The van der Waals surface area contributed by atoms with Crippen LogP contribution in [0, 0.1) is 5.82 Å². The number of hydrogen-bond acceptors (Lipinski definition) is 2. The van der Waals surface area contributed by atoms with Crippen molar-refractivity contribution in [1.82, 2.24) is 0 Å². The van der Waals surface area contributed by atoms with Crippen molar-refractivity contribution in [2.75, 3.05) is 0 Å². The highest BCUT2D eigenvalue weighted by molar-refractivity contribution is 9.10. The molecule has 1 saturated heterocycles. The lowest BCUT2D eigenvalue weighted by Gasteiger charge is -2.45. The van der Waals surface area contributed by atoms with Crippen LogP contribution in [0.5, 0.6) is 0 Å². The number of hydrogen-bond donors (Lipinski definition) is 0. The second-order valence-corrected chi connectivity index (χ2v) is 8.12. The number of ether oxygens (including phenoxy) is 1. The Kier molecular flexibility index (Phi) is 4.60. The standard InChI is InChI=1S/C23H18BrFO2/c1-2-16-14-23(24)20(13-21(16)27-22(23)26)19-6-4-3-5-17(19)10-7-15-8-11-18(25)12-9-15/h2-12,14,20-21H,1,13H2/b10-7+/t20-,21+,23-/m1/s1. The molecule has 2 nitrogen and oxygen atoms in total. The van der Waals surface area contributed by atoms with Crippen LogP contribution in [0.25, 0.3) is 12.2 Å². The van der Waals surface area contributed by atoms with Gasteiger partial charge in [-0.2, -0.15) is 0 Å². The van der Waals surface area contributed by atoms with E-state index in [0.717, 1.165) is 22.3 Å². The third kappa shape index (κ3) is 3.19. The molecule has 1 aliphatic carbocycles. The van der Waals surface area contributed by atoms with Gasteiger partial charge in [0.2, 0.25) is 0 Å². The summed E-state index contributed by atoms with van der Waals surface area (Å²) in [4.78, 5) is 12.5. The van der Waals surface area contributed by atoms with Crippen molar-refractivity contribution in [2.45, 2.75) is 22.8 Å². The Hall–Kier alpha value is -2.46. The number of halogens is 2. The number of rotatable bonds is 4. The van der Waals surface area contributed by atoms with E-state index in [4.69, 9.17) is 4.74 Å². The van der Waals surface area contributed by atoms with Gasteiger partial charge in [-0.1, -0.05) is 77.1 Å². The molecule has 3 aliphatic rings. The number of carbonyl (C=O) groups is 1. The van der Waals surface area contributed by atoms with Gasteiger partial charge in [-0.15, -0.1) is 0 Å². The molecule has 2 aliphatic heterocycles. The zero-order valence-corrected chi connectivity index (χ0v) is 16.2. The summed E-state index contributed by atoms with van der Waals surface area (Å²) in [5.41, 5.74) is 3.97. The number of esters is 1. The van der Waals surface area contributed by atoms with Crippen molar-refractivity contribution in [3.8, 4) is 0 Å². The number of fused-ring (bicyclic) bond motifs is 2. The molecule has 0 aromatic heterocycles. The topological polar surface area (TPSA) is 26.3 Å². The van der Waals surface area contributed by atoms with E-state index in [-0.39, 0.29) is 23.8 Å². The average Bonchev–Trinajstić information content (AvgIpc) is 2.68. The number of benzene rings is 2. The van der Waals surface area contributed by atoms with Crippen molar-refractivity contribution in [2.24, 2.45) is 0 Å². The Morgan fingerprint density at radius 2 is 1.89 bits per heavy atom. The molecule has 2 heterocycles. The van der Waals surface area contributed by atoms with Crippen LogP contribution in [0.15, 0.2) is 72.8 Å². The lowest BCUT2D eigenvalue weighted by atomic mass is 9.72. The third-order valence-corrected chi connectivity index (χ3v) is 6.31. The van der Waals surface area contributed by atoms with Gasteiger partial charge < -0.3 is 4.74 Å². The second kappa shape index (κ2) is 6.93. The Morgan fingerprint density at radius 1 is 1.15 bits per heavy atom. The normalized spacial score (nSPS) is 26.7. The average molecular weight is 425 g/mol. The fraction of sp³-hybridized carbons (Fsp3) is 0.174. The van der Waals surface area contributed by atoms with E-state index >= 15 is 0 Å². The zero-order chi connectivity index (χ0) is 19.0. The lowest BCUT2D eigenvalue weighted by molar-refractivity contribution is -0.156. The first-order valence-electron chi connectivity index (χ1n) is 8.79. The summed E-state index contributed by atoms with van der Waals surface area (Å²) in [7, 11) is 0.